The first kappa shape index (κ1) is 10.5. The van der Waals surface area contributed by atoms with Crippen molar-refractivity contribution >= 4 is 5.69 Å². The van der Waals surface area contributed by atoms with E-state index in [1.807, 2.05) is 6.20 Å². The zero-order chi connectivity index (χ0) is 10.7. The Bertz CT molecular complexity index is 333. The van der Waals surface area contributed by atoms with Gasteiger partial charge in [0.25, 0.3) is 0 Å². The molecule has 0 aliphatic heterocycles. The van der Waals surface area contributed by atoms with Gasteiger partial charge in [0.2, 0.25) is 0 Å². The summed E-state index contributed by atoms with van der Waals surface area (Å²) in [5.41, 5.74) is 3.95. The van der Waals surface area contributed by atoms with Gasteiger partial charge in [0.1, 0.15) is 0 Å². The lowest BCUT2D eigenvalue weighted by atomic mass is 10.1. The van der Waals surface area contributed by atoms with Crippen molar-refractivity contribution in [3.8, 4) is 0 Å². The molecule has 1 aromatic heterocycles. The molecule has 1 heterocycles. The minimum atomic E-state index is 0.734. The predicted molar refractivity (Wildman–Crippen MR) is 64.2 cm³/mol. The maximum absolute atomic E-state index is 4.50. The smallest absolute Gasteiger partial charge is 0.0529 e. The summed E-state index contributed by atoms with van der Waals surface area (Å²) in [6.07, 6.45) is 6.86. The molecule has 0 bridgehead atoms. The van der Waals surface area contributed by atoms with E-state index in [9.17, 15) is 0 Å². The van der Waals surface area contributed by atoms with Crippen molar-refractivity contribution in [1.82, 2.24) is 4.98 Å². The molecule has 2 nitrogen and oxygen atoms in total. The molecule has 1 aromatic rings. The van der Waals surface area contributed by atoms with E-state index in [-0.39, 0.29) is 0 Å². The van der Waals surface area contributed by atoms with E-state index in [0.29, 0.717) is 0 Å². The van der Waals surface area contributed by atoms with E-state index in [0.717, 1.165) is 12.5 Å². The third-order valence-corrected chi connectivity index (χ3v) is 3.27. The van der Waals surface area contributed by atoms with Crippen LogP contribution in [0.5, 0.6) is 0 Å². The highest BCUT2D eigenvalue weighted by molar-refractivity contribution is 5.46. The SMILES string of the molecule is CCC(C)CNc1cnc2c(c1)CCC2. The minimum Gasteiger partial charge on any atom is -0.384 e. The van der Waals surface area contributed by atoms with Crippen molar-refractivity contribution in [1.29, 1.82) is 0 Å². The summed E-state index contributed by atoms with van der Waals surface area (Å²) in [6.45, 7) is 5.55. The van der Waals surface area contributed by atoms with Gasteiger partial charge in [-0.1, -0.05) is 20.3 Å². The van der Waals surface area contributed by atoms with E-state index < -0.39 is 0 Å². The number of nitrogens with zero attached hydrogens (tertiary/aromatic N) is 1. The van der Waals surface area contributed by atoms with E-state index >= 15 is 0 Å². The summed E-state index contributed by atoms with van der Waals surface area (Å²) in [5, 5.41) is 3.46. The molecular weight excluding hydrogens is 184 g/mol. The van der Waals surface area contributed by atoms with Gasteiger partial charge in [-0.15, -0.1) is 0 Å². The van der Waals surface area contributed by atoms with Crippen LogP contribution in [-0.2, 0) is 12.8 Å². The first-order chi connectivity index (χ1) is 7.29. The standard InChI is InChI=1S/C13H20N2/c1-3-10(2)8-14-12-7-11-5-4-6-13(11)15-9-12/h7,9-10,14H,3-6,8H2,1-2H3. The molecular formula is C13H20N2. The fourth-order valence-electron chi connectivity index (χ4n) is 1.96. The third kappa shape index (κ3) is 2.49. The van der Waals surface area contributed by atoms with Gasteiger partial charge in [-0.2, -0.15) is 0 Å². The molecule has 0 aromatic carbocycles. The van der Waals surface area contributed by atoms with Crippen molar-refractivity contribution in [2.24, 2.45) is 5.92 Å². The molecule has 82 valence electrons. The molecule has 0 amide bonds. The molecule has 2 rings (SSSR count). The van der Waals surface area contributed by atoms with E-state index in [2.05, 4.69) is 30.2 Å². The van der Waals surface area contributed by atoms with Crippen LogP contribution in [-0.4, -0.2) is 11.5 Å². The monoisotopic (exact) mass is 204 g/mol. The number of aromatic nitrogens is 1. The Morgan fingerprint density at radius 3 is 3.13 bits per heavy atom. The van der Waals surface area contributed by atoms with E-state index in [1.165, 1.54) is 42.6 Å². The molecule has 0 fully saturated rings. The molecule has 0 saturated carbocycles. The maximum atomic E-state index is 4.50. The number of aryl methyl sites for hydroxylation is 2. The summed E-state index contributed by atoms with van der Waals surface area (Å²) >= 11 is 0. The van der Waals surface area contributed by atoms with Crippen LogP contribution in [0.1, 0.15) is 37.9 Å². The highest BCUT2D eigenvalue weighted by atomic mass is 14.9. The van der Waals surface area contributed by atoms with Crippen LogP contribution >= 0.6 is 0 Å². The summed E-state index contributed by atoms with van der Waals surface area (Å²) in [5.74, 6) is 0.734. The molecule has 1 aliphatic carbocycles. The Morgan fingerprint density at radius 1 is 1.47 bits per heavy atom. The van der Waals surface area contributed by atoms with Gasteiger partial charge < -0.3 is 5.32 Å². The number of rotatable bonds is 4. The lowest BCUT2D eigenvalue weighted by Crippen LogP contribution is -2.10. The molecule has 1 N–H and O–H groups in total. The molecule has 0 spiro atoms. The Morgan fingerprint density at radius 2 is 2.33 bits per heavy atom. The zero-order valence-electron chi connectivity index (χ0n) is 9.71. The highest BCUT2D eigenvalue weighted by Crippen LogP contribution is 2.22. The van der Waals surface area contributed by atoms with Gasteiger partial charge in [-0.25, -0.2) is 0 Å². The third-order valence-electron chi connectivity index (χ3n) is 3.27. The number of hydrogen-bond acceptors (Lipinski definition) is 2. The zero-order valence-corrected chi connectivity index (χ0v) is 9.71. The highest BCUT2D eigenvalue weighted by Gasteiger charge is 2.12. The Hall–Kier alpha value is -1.05. The second-order valence-corrected chi connectivity index (χ2v) is 4.58. The first-order valence-electron chi connectivity index (χ1n) is 6.01. The normalized spacial score (nSPS) is 16.1. The Labute approximate surface area is 92.1 Å². The maximum Gasteiger partial charge on any atom is 0.0529 e. The molecule has 1 unspecified atom stereocenters. The van der Waals surface area contributed by atoms with Crippen LogP contribution in [0.25, 0.3) is 0 Å². The van der Waals surface area contributed by atoms with Gasteiger partial charge in [-0.3, -0.25) is 4.98 Å². The van der Waals surface area contributed by atoms with E-state index in [4.69, 9.17) is 0 Å². The van der Waals surface area contributed by atoms with Crippen LogP contribution in [0.3, 0.4) is 0 Å². The number of hydrogen-bond donors (Lipinski definition) is 1. The Balaban J connectivity index is 1.98. The minimum absolute atomic E-state index is 0.734. The molecule has 2 heteroatoms. The predicted octanol–water partition coefficient (Wildman–Crippen LogP) is 3.03. The van der Waals surface area contributed by atoms with Crippen LogP contribution in [0.15, 0.2) is 12.3 Å². The molecule has 1 atom stereocenters. The summed E-state index contributed by atoms with van der Waals surface area (Å²) in [7, 11) is 0. The van der Waals surface area contributed by atoms with Gasteiger partial charge in [0.15, 0.2) is 0 Å². The number of pyridine rings is 1. The van der Waals surface area contributed by atoms with Crippen molar-refractivity contribution in [3.63, 3.8) is 0 Å². The quantitative estimate of drug-likeness (QED) is 0.815. The van der Waals surface area contributed by atoms with Gasteiger partial charge in [0, 0.05) is 12.2 Å². The fourth-order valence-corrected chi connectivity index (χ4v) is 1.96. The van der Waals surface area contributed by atoms with Gasteiger partial charge in [0.05, 0.1) is 11.9 Å². The van der Waals surface area contributed by atoms with Gasteiger partial charge in [-0.05, 0) is 36.8 Å². The van der Waals surface area contributed by atoms with Crippen molar-refractivity contribution in [3.05, 3.63) is 23.5 Å². The average molecular weight is 204 g/mol. The second-order valence-electron chi connectivity index (χ2n) is 4.58. The molecule has 1 aliphatic rings. The van der Waals surface area contributed by atoms with Crippen LogP contribution in [0.2, 0.25) is 0 Å². The average Bonchev–Trinajstić information content (AvgIpc) is 2.72. The topological polar surface area (TPSA) is 24.9 Å². The molecule has 15 heavy (non-hydrogen) atoms. The van der Waals surface area contributed by atoms with Crippen LogP contribution in [0.4, 0.5) is 5.69 Å². The number of fused-ring (bicyclic) bond motifs is 1. The summed E-state index contributed by atoms with van der Waals surface area (Å²) in [6, 6.07) is 2.28. The lowest BCUT2D eigenvalue weighted by molar-refractivity contribution is 0.593. The second kappa shape index (κ2) is 4.65. The van der Waals surface area contributed by atoms with Crippen molar-refractivity contribution in [2.45, 2.75) is 39.5 Å². The summed E-state index contributed by atoms with van der Waals surface area (Å²) in [4.78, 5) is 4.50. The summed E-state index contributed by atoms with van der Waals surface area (Å²) < 4.78 is 0. The van der Waals surface area contributed by atoms with Gasteiger partial charge >= 0.3 is 0 Å². The van der Waals surface area contributed by atoms with Crippen LogP contribution in [0, 0.1) is 5.92 Å². The fraction of sp³-hybridized carbons (Fsp3) is 0.615. The van der Waals surface area contributed by atoms with E-state index in [1.54, 1.807) is 0 Å². The lowest BCUT2D eigenvalue weighted by Gasteiger charge is -2.11. The molecule has 0 radical (unpaired) electrons. The van der Waals surface area contributed by atoms with Crippen LogP contribution < -0.4 is 5.32 Å². The molecule has 0 saturated heterocycles. The van der Waals surface area contributed by atoms with Crippen molar-refractivity contribution in [2.75, 3.05) is 11.9 Å². The largest absolute Gasteiger partial charge is 0.384 e. The Kier molecular flexibility index (Phi) is 3.24. The first-order valence-corrected chi connectivity index (χ1v) is 6.01. The number of anilines is 1. The van der Waals surface area contributed by atoms with Crippen molar-refractivity contribution < 1.29 is 0 Å². The number of nitrogens with one attached hydrogen (secondary N) is 1.